The number of nitrogens with zero attached hydrogens (tertiary/aromatic N) is 1. The van der Waals surface area contributed by atoms with Gasteiger partial charge in [0.05, 0.1) is 0 Å². The number of unbranched alkanes of at least 4 members (excludes halogenated alkanes) is 1. The average Bonchev–Trinajstić information content (AvgIpc) is 2.30. The molecule has 0 aliphatic rings. The minimum atomic E-state index is -0.749. The van der Waals surface area contributed by atoms with Gasteiger partial charge < -0.3 is 16.4 Å². The second-order valence-corrected chi connectivity index (χ2v) is 3.75. The van der Waals surface area contributed by atoms with E-state index in [9.17, 15) is 13.6 Å². The molecule has 0 unspecified atom stereocenters. The first-order chi connectivity index (χ1) is 8.54. The van der Waals surface area contributed by atoms with Gasteiger partial charge >= 0.3 is 0 Å². The highest BCUT2D eigenvalue weighted by Crippen LogP contribution is 2.18. The number of halogens is 2. The third-order valence-corrected chi connectivity index (χ3v) is 2.31. The fourth-order valence-electron chi connectivity index (χ4n) is 1.40. The maximum absolute atomic E-state index is 13.3. The number of primary amides is 1. The van der Waals surface area contributed by atoms with Crippen molar-refractivity contribution in [2.75, 3.05) is 24.2 Å². The molecule has 0 atom stereocenters. The zero-order valence-corrected chi connectivity index (χ0v) is 10.1. The number of nitrogens with two attached hydrogens (primary N) is 1. The summed E-state index contributed by atoms with van der Waals surface area (Å²) in [4.78, 5) is 14.2. The summed E-state index contributed by atoms with van der Waals surface area (Å²) in [7, 11) is 1.50. The fraction of sp³-hybridized carbons (Fsp3) is 0.455. The van der Waals surface area contributed by atoms with Gasteiger partial charge in [-0.05, 0) is 12.8 Å². The lowest BCUT2D eigenvalue weighted by atomic mass is 10.2. The molecular weight excluding hydrogens is 242 g/mol. The molecule has 1 rings (SSSR count). The molecule has 5 nitrogen and oxygen atoms in total. The molecule has 7 heteroatoms. The van der Waals surface area contributed by atoms with Crippen LogP contribution in [-0.4, -0.2) is 24.5 Å². The van der Waals surface area contributed by atoms with Crippen LogP contribution < -0.4 is 16.4 Å². The molecule has 0 radical (unpaired) electrons. The number of hydrogen-bond acceptors (Lipinski definition) is 4. The van der Waals surface area contributed by atoms with E-state index in [1.807, 2.05) is 0 Å². The smallest absolute Gasteiger partial charge is 0.217 e. The van der Waals surface area contributed by atoms with Crippen molar-refractivity contribution < 1.29 is 13.6 Å². The van der Waals surface area contributed by atoms with Crippen LogP contribution in [0, 0.1) is 11.6 Å². The Labute approximate surface area is 104 Å². The lowest BCUT2D eigenvalue weighted by Crippen LogP contribution is -2.12. The van der Waals surface area contributed by atoms with Gasteiger partial charge in [-0.25, -0.2) is 13.8 Å². The minimum absolute atomic E-state index is 0.0141. The predicted octanol–water partition coefficient (Wildman–Crippen LogP) is 1.47. The van der Waals surface area contributed by atoms with Crippen LogP contribution in [0.2, 0.25) is 0 Å². The molecule has 0 spiro atoms. The highest BCUT2D eigenvalue weighted by Gasteiger charge is 2.10. The van der Waals surface area contributed by atoms with Gasteiger partial charge in [0.25, 0.3) is 0 Å². The van der Waals surface area contributed by atoms with Gasteiger partial charge in [0.15, 0.2) is 23.3 Å². The molecular formula is C11H16F2N4O. The van der Waals surface area contributed by atoms with E-state index in [1.165, 1.54) is 7.05 Å². The standard InChI is InChI=1S/C11H16F2N4O/c1-15-10-7(12)6-8(13)11(17-10)16-5-3-2-4-9(14)18/h6H,2-5H2,1H3,(H2,14,18)(H2,15,16,17). The first-order valence-corrected chi connectivity index (χ1v) is 5.60. The Kier molecular flexibility index (Phi) is 5.29. The molecule has 0 aromatic carbocycles. The van der Waals surface area contributed by atoms with Crippen molar-refractivity contribution in [3.05, 3.63) is 17.7 Å². The van der Waals surface area contributed by atoms with Crippen LogP contribution in [0.3, 0.4) is 0 Å². The van der Waals surface area contributed by atoms with Gasteiger partial charge in [-0.3, -0.25) is 4.79 Å². The first-order valence-electron chi connectivity index (χ1n) is 5.60. The maximum Gasteiger partial charge on any atom is 0.217 e. The summed E-state index contributed by atoms with van der Waals surface area (Å²) in [5.74, 6) is -1.88. The second kappa shape index (κ2) is 6.73. The number of hydrogen-bond donors (Lipinski definition) is 3. The van der Waals surface area contributed by atoms with Crippen LogP contribution in [0.1, 0.15) is 19.3 Å². The van der Waals surface area contributed by atoms with Crippen LogP contribution in [0.5, 0.6) is 0 Å². The zero-order chi connectivity index (χ0) is 13.5. The fourth-order valence-corrected chi connectivity index (χ4v) is 1.40. The Morgan fingerprint density at radius 1 is 1.33 bits per heavy atom. The van der Waals surface area contributed by atoms with Crippen LogP contribution in [0.15, 0.2) is 6.07 Å². The van der Waals surface area contributed by atoms with Crippen molar-refractivity contribution in [1.82, 2.24) is 4.98 Å². The Balaban J connectivity index is 2.49. The number of rotatable bonds is 7. The van der Waals surface area contributed by atoms with Gasteiger partial charge in [-0.2, -0.15) is 0 Å². The van der Waals surface area contributed by atoms with Crippen LogP contribution in [0.4, 0.5) is 20.4 Å². The lowest BCUT2D eigenvalue weighted by Gasteiger charge is -2.09. The van der Waals surface area contributed by atoms with E-state index in [4.69, 9.17) is 5.73 Å². The van der Waals surface area contributed by atoms with Crippen molar-refractivity contribution >= 4 is 17.5 Å². The van der Waals surface area contributed by atoms with Gasteiger partial charge in [0.2, 0.25) is 5.91 Å². The van der Waals surface area contributed by atoms with E-state index in [2.05, 4.69) is 15.6 Å². The molecule has 1 heterocycles. The van der Waals surface area contributed by atoms with E-state index < -0.39 is 11.6 Å². The number of carbonyl (C=O) groups excluding carboxylic acids is 1. The van der Waals surface area contributed by atoms with Crippen LogP contribution in [-0.2, 0) is 4.79 Å². The third-order valence-electron chi connectivity index (χ3n) is 2.31. The molecule has 1 aromatic heterocycles. The highest BCUT2D eigenvalue weighted by atomic mass is 19.1. The van der Waals surface area contributed by atoms with E-state index >= 15 is 0 Å². The van der Waals surface area contributed by atoms with Crippen LogP contribution >= 0.6 is 0 Å². The van der Waals surface area contributed by atoms with Crippen LogP contribution in [0.25, 0.3) is 0 Å². The summed E-state index contributed by atoms with van der Waals surface area (Å²) in [6, 6.07) is 0.768. The number of pyridine rings is 1. The predicted molar refractivity (Wildman–Crippen MR) is 65.2 cm³/mol. The molecule has 0 saturated carbocycles. The number of amides is 1. The van der Waals surface area contributed by atoms with Crippen molar-refractivity contribution in [2.45, 2.75) is 19.3 Å². The summed E-state index contributed by atoms with van der Waals surface area (Å²) in [6.45, 7) is 0.436. The summed E-state index contributed by atoms with van der Waals surface area (Å²) in [5.41, 5.74) is 4.98. The Hall–Kier alpha value is -1.92. The summed E-state index contributed by atoms with van der Waals surface area (Å²) in [5, 5.41) is 5.27. The van der Waals surface area contributed by atoms with E-state index in [1.54, 1.807) is 0 Å². The van der Waals surface area contributed by atoms with Gasteiger partial charge in [0, 0.05) is 26.1 Å². The quantitative estimate of drug-likeness (QED) is 0.647. The number of aromatic nitrogens is 1. The Bertz CT molecular complexity index is 426. The molecule has 0 bridgehead atoms. The van der Waals surface area contributed by atoms with E-state index in [0.29, 0.717) is 25.8 Å². The lowest BCUT2D eigenvalue weighted by molar-refractivity contribution is -0.118. The molecule has 1 aromatic rings. The Morgan fingerprint density at radius 2 is 2.00 bits per heavy atom. The molecule has 0 fully saturated rings. The van der Waals surface area contributed by atoms with E-state index in [-0.39, 0.29) is 17.5 Å². The van der Waals surface area contributed by atoms with Gasteiger partial charge in [0.1, 0.15) is 0 Å². The number of anilines is 2. The topological polar surface area (TPSA) is 80.0 Å². The van der Waals surface area contributed by atoms with Crippen molar-refractivity contribution in [2.24, 2.45) is 5.73 Å². The number of nitrogens with one attached hydrogen (secondary N) is 2. The summed E-state index contributed by atoms with van der Waals surface area (Å²) >= 11 is 0. The molecule has 1 amide bonds. The van der Waals surface area contributed by atoms with Crippen molar-refractivity contribution in [3.63, 3.8) is 0 Å². The minimum Gasteiger partial charge on any atom is -0.371 e. The number of carbonyl (C=O) groups is 1. The average molecular weight is 258 g/mol. The highest BCUT2D eigenvalue weighted by molar-refractivity contribution is 5.73. The molecule has 0 saturated heterocycles. The molecule has 4 N–H and O–H groups in total. The third kappa shape index (κ3) is 4.15. The van der Waals surface area contributed by atoms with Gasteiger partial charge in [-0.15, -0.1) is 0 Å². The zero-order valence-electron chi connectivity index (χ0n) is 10.1. The SMILES string of the molecule is CNc1nc(NCCCCC(N)=O)c(F)cc1F. The second-order valence-electron chi connectivity index (χ2n) is 3.75. The molecule has 18 heavy (non-hydrogen) atoms. The van der Waals surface area contributed by atoms with Crippen molar-refractivity contribution in [1.29, 1.82) is 0 Å². The van der Waals surface area contributed by atoms with Crippen molar-refractivity contribution in [3.8, 4) is 0 Å². The first kappa shape index (κ1) is 14.1. The Morgan fingerprint density at radius 3 is 2.61 bits per heavy atom. The monoisotopic (exact) mass is 258 g/mol. The summed E-state index contributed by atoms with van der Waals surface area (Å²) < 4.78 is 26.5. The van der Waals surface area contributed by atoms with E-state index in [0.717, 1.165) is 6.07 Å². The van der Waals surface area contributed by atoms with Gasteiger partial charge in [-0.1, -0.05) is 0 Å². The summed E-state index contributed by atoms with van der Waals surface area (Å²) in [6.07, 6.45) is 1.56. The normalized spacial score (nSPS) is 10.2. The maximum atomic E-state index is 13.3. The largest absolute Gasteiger partial charge is 0.371 e. The molecule has 100 valence electrons. The molecule has 0 aliphatic carbocycles. The molecule has 0 aliphatic heterocycles.